The fourth-order valence-corrected chi connectivity index (χ4v) is 4.76. The van der Waals surface area contributed by atoms with Crippen LogP contribution in [0, 0.1) is 28.6 Å². The van der Waals surface area contributed by atoms with Gasteiger partial charge < -0.3 is 9.88 Å². The molecule has 0 saturated carbocycles. The van der Waals surface area contributed by atoms with Crippen LogP contribution in [0.25, 0.3) is 22.3 Å². The molecule has 4 aromatic rings. The number of hydrogen-bond donors (Lipinski definition) is 1. The largest absolute Gasteiger partial charge is 0.355 e. The molecule has 1 unspecified atom stereocenters. The molecule has 10 heteroatoms. The van der Waals surface area contributed by atoms with Crippen molar-refractivity contribution < 1.29 is 4.39 Å². The highest BCUT2D eigenvalue weighted by Gasteiger charge is 2.33. The van der Waals surface area contributed by atoms with Gasteiger partial charge in [-0.3, -0.25) is 4.68 Å². The third kappa shape index (κ3) is 3.73. The van der Waals surface area contributed by atoms with Crippen molar-refractivity contribution in [3.05, 3.63) is 54.4 Å². The molecule has 170 valence electrons. The Morgan fingerprint density at radius 3 is 2.94 bits per heavy atom. The van der Waals surface area contributed by atoms with Crippen molar-refractivity contribution in [2.45, 2.75) is 32.0 Å². The lowest BCUT2D eigenvalue weighted by atomic mass is 9.96. The van der Waals surface area contributed by atoms with Gasteiger partial charge in [-0.1, -0.05) is 0 Å². The molecule has 3 atom stereocenters. The van der Waals surface area contributed by atoms with E-state index in [9.17, 15) is 14.9 Å². The maximum absolute atomic E-state index is 14.0. The van der Waals surface area contributed by atoms with Crippen LogP contribution in [0.1, 0.15) is 43.1 Å². The van der Waals surface area contributed by atoms with Crippen LogP contribution in [0.4, 0.5) is 10.2 Å². The third-order valence-electron chi connectivity index (χ3n) is 6.44. The van der Waals surface area contributed by atoms with Gasteiger partial charge in [0.1, 0.15) is 35.6 Å². The average molecular weight is 456 g/mol. The van der Waals surface area contributed by atoms with Crippen LogP contribution in [0.2, 0.25) is 0 Å². The van der Waals surface area contributed by atoms with E-state index in [1.165, 1.54) is 13.3 Å². The van der Waals surface area contributed by atoms with Gasteiger partial charge in [0.15, 0.2) is 0 Å². The number of aromatic amines is 1. The van der Waals surface area contributed by atoms with E-state index < -0.39 is 6.17 Å². The van der Waals surface area contributed by atoms with Crippen LogP contribution < -0.4 is 4.90 Å². The predicted octanol–water partition coefficient (Wildman–Crippen LogP) is 4.10. The number of H-pyrrole nitrogens is 1. The van der Waals surface area contributed by atoms with Crippen molar-refractivity contribution in [2.24, 2.45) is 5.92 Å². The quantitative estimate of drug-likeness (QED) is 0.464. The molecule has 9 nitrogen and oxygen atoms in total. The first-order valence-corrected chi connectivity index (χ1v) is 11.1. The fraction of sp³-hybridized carbons (Fsp3) is 0.333. The molecule has 34 heavy (non-hydrogen) atoms. The number of aromatic nitrogens is 6. The number of nitrogens with one attached hydrogen (secondary N) is 1. The molecule has 0 amide bonds. The number of alkyl halides is 1. The summed E-state index contributed by atoms with van der Waals surface area (Å²) in [5.41, 5.74) is 3.00. The highest BCUT2D eigenvalue weighted by Crippen LogP contribution is 2.36. The van der Waals surface area contributed by atoms with Crippen LogP contribution in [0.5, 0.6) is 0 Å². The first kappa shape index (κ1) is 21.5. The molecule has 5 rings (SSSR count). The standard InChI is InChI=1S/C24H22FN9/c1-15(25)18-3-8-29-24(20(18)10-27)33-9-5-16(12-33)21(2-6-26)34-13-17(11-32-34)22-19-4-7-28-23(19)31-14-30-22/h3-4,7-8,11,13-16,21H,2,5,9,12H2,1H3,(H,28,30,31)/t15?,16-,21-/m0/s1. The van der Waals surface area contributed by atoms with Crippen LogP contribution in [-0.2, 0) is 0 Å². The van der Waals surface area contributed by atoms with Crippen molar-refractivity contribution in [3.63, 3.8) is 0 Å². The van der Waals surface area contributed by atoms with Crippen molar-refractivity contribution >= 4 is 16.9 Å². The smallest absolute Gasteiger partial charge is 0.146 e. The van der Waals surface area contributed by atoms with E-state index >= 15 is 0 Å². The van der Waals surface area contributed by atoms with Crippen LogP contribution in [0.3, 0.4) is 0 Å². The minimum atomic E-state index is -1.25. The minimum Gasteiger partial charge on any atom is -0.355 e. The molecule has 0 aliphatic carbocycles. The van der Waals surface area contributed by atoms with E-state index in [1.54, 1.807) is 18.5 Å². The second-order valence-corrected chi connectivity index (χ2v) is 8.42. The van der Waals surface area contributed by atoms with Gasteiger partial charge in [-0.15, -0.1) is 0 Å². The van der Waals surface area contributed by atoms with Gasteiger partial charge in [0.05, 0.1) is 30.4 Å². The first-order valence-electron chi connectivity index (χ1n) is 11.1. The predicted molar refractivity (Wildman–Crippen MR) is 123 cm³/mol. The van der Waals surface area contributed by atoms with Gasteiger partial charge in [-0.25, -0.2) is 19.3 Å². The molecule has 1 aliphatic heterocycles. The molecule has 5 heterocycles. The summed E-state index contributed by atoms with van der Waals surface area (Å²) >= 11 is 0. The molecule has 0 radical (unpaired) electrons. The maximum atomic E-state index is 14.0. The van der Waals surface area contributed by atoms with E-state index in [4.69, 9.17) is 0 Å². The Morgan fingerprint density at radius 2 is 2.15 bits per heavy atom. The van der Waals surface area contributed by atoms with Crippen LogP contribution >= 0.6 is 0 Å². The van der Waals surface area contributed by atoms with E-state index in [2.05, 4.69) is 37.2 Å². The van der Waals surface area contributed by atoms with E-state index in [-0.39, 0.29) is 17.5 Å². The number of fused-ring (bicyclic) bond motifs is 1. The number of nitrogens with zero attached hydrogens (tertiary/aromatic N) is 8. The molecule has 1 fully saturated rings. The summed E-state index contributed by atoms with van der Waals surface area (Å²) in [6, 6.07) is 7.75. The second kappa shape index (κ2) is 8.91. The summed E-state index contributed by atoms with van der Waals surface area (Å²) in [5, 5.41) is 24.7. The molecule has 1 N–H and O–H groups in total. The van der Waals surface area contributed by atoms with Gasteiger partial charge in [0.25, 0.3) is 0 Å². The number of pyridine rings is 1. The summed E-state index contributed by atoms with van der Waals surface area (Å²) in [7, 11) is 0. The lowest BCUT2D eigenvalue weighted by molar-refractivity contribution is 0.332. The SMILES string of the molecule is CC(F)c1ccnc(N2CC[C@H]([C@H](CC#N)n3cc(-c4ncnc5[nH]ccc45)cn3)C2)c1C#N. The molecular formula is C24H22FN9. The monoisotopic (exact) mass is 455 g/mol. The van der Waals surface area contributed by atoms with Crippen molar-refractivity contribution in [2.75, 3.05) is 18.0 Å². The summed E-state index contributed by atoms with van der Waals surface area (Å²) < 4.78 is 15.9. The molecule has 1 aliphatic rings. The van der Waals surface area contributed by atoms with E-state index in [1.807, 2.05) is 28.0 Å². The first-order chi connectivity index (χ1) is 16.6. The van der Waals surface area contributed by atoms with E-state index in [0.29, 0.717) is 30.9 Å². The van der Waals surface area contributed by atoms with Gasteiger partial charge >= 0.3 is 0 Å². The third-order valence-corrected chi connectivity index (χ3v) is 6.44. The Bertz CT molecular complexity index is 1410. The summed E-state index contributed by atoms with van der Waals surface area (Å²) in [5.74, 6) is 0.615. The summed E-state index contributed by atoms with van der Waals surface area (Å²) in [6.45, 7) is 2.69. The van der Waals surface area contributed by atoms with Crippen molar-refractivity contribution in [3.8, 4) is 23.4 Å². The second-order valence-electron chi connectivity index (χ2n) is 8.42. The topological polar surface area (TPSA) is 123 Å². The van der Waals surface area contributed by atoms with Crippen LogP contribution in [-0.4, -0.2) is 42.8 Å². The number of rotatable bonds is 6. The van der Waals surface area contributed by atoms with Crippen LogP contribution in [0.15, 0.2) is 43.2 Å². The van der Waals surface area contributed by atoms with Gasteiger partial charge in [-0.2, -0.15) is 15.6 Å². The zero-order valence-corrected chi connectivity index (χ0v) is 18.6. The lowest BCUT2D eigenvalue weighted by Crippen LogP contribution is -2.26. The number of anilines is 1. The van der Waals surface area contributed by atoms with Gasteiger partial charge in [0.2, 0.25) is 0 Å². The lowest BCUT2D eigenvalue weighted by Gasteiger charge is -2.24. The number of nitriles is 2. The molecule has 1 saturated heterocycles. The zero-order chi connectivity index (χ0) is 23.7. The van der Waals surface area contributed by atoms with Crippen molar-refractivity contribution in [1.29, 1.82) is 10.5 Å². The Morgan fingerprint density at radius 1 is 1.26 bits per heavy atom. The number of hydrogen-bond acceptors (Lipinski definition) is 7. The fourth-order valence-electron chi connectivity index (χ4n) is 4.76. The normalized spacial score (nSPS) is 17.4. The van der Waals surface area contributed by atoms with Gasteiger partial charge in [-0.05, 0) is 25.5 Å². The number of halogens is 1. The minimum absolute atomic E-state index is 0.116. The van der Waals surface area contributed by atoms with Crippen molar-refractivity contribution in [1.82, 2.24) is 29.7 Å². The highest BCUT2D eigenvalue weighted by molar-refractivity contribution is 5.89. The zero-order valence-electron chi connectivity index (χ0n) is 18.6. The molecule has 0 bridgehead atoms. The Balaban J connectivity index is 1.42. The molecule has 0 aromatic carbocycles. The molecular weight excluding hydrogens is 433 g/mol. The van der Waals surface area contributed by atoms with Gasteiger partial charge in [0, 0.05) is 54.1 Å². The Labute approximate surface area is 195 Å². The maximum Gasteiger partial charge on any atom is 0.146 e. The highest BCUT2D eigenvalue weighted by atomic mass is 19.1. The molecule has 4 aromatic heterocycles. The Kier molecular flexibility index (Phi) is 5.64. The average Bonchev–Trinajstić information content (AvgIpc) is 3.62. The Hall–Kier alpha value is -4.31. The summed E-state index contributed by atoms with van der Waals surface area (Å²) in [4.78, 5) is 18.2. The molecule has 0 spiro atoms. The van der Waals surface area contributed by atoms with E-state index in [0.717, 1.165) is 28.7 Å². The summed E-state index contributed by atoms with van der Waals surface area (Å²) in [6.07, 6.45) is 8.40.